The minimum Gasteiger partial charge on any atom is -0.543 e. The maximum Gasteiger partial charge on any atom is 0.104 e. The predicted molar refractivity (Wildman–Crippen MR) is 32.2 cm³/mol. The van der Waals surface area contributed by atoms with Crippen molar-refractivity contribution in [3.8, 4) is 0 Å². The summed E-state index contributed by atoms with van der Waals surface area (Å²) in [6.07, 6.45) is 2.90. The summed E-state index contributed by atoms with van der Waals surface area (Å²) in [6.45, 7) is 2.63. The molecular formula is C6H7N2O2-. The molecule has 1 rings (SSSR count). The monoisotopic (exact) mass is 139 g/mol. The number of aryl methyl sites for hydroxylation is 1. The molecule has 0 unspecified atom stereocenters. The van der Waals surface area contributed by atoms with Gasteiger partial charge in [0.25, 0.3) is 0 Å². The Labute approximate surface area is 58.1 Å². The number of carbonyl (C=O) groups is 1. The standard InChI is InChI=1S/C6H8N2O2/c1-2-8-3-5(6(9)10)7-4-8/h3-4H,2H2,1H3,(H,9,10)/p-1. The van der Waals surface area contributed by atoms with Crippen LogP contribution in [0.15, 0.2) is 12.5 Å². The molecule has 0 aliphatic rings. The Morgan fingerprint density at radius 1 is 1.90 bits per heavy atom. The minimum absolute atomic E-state index is 0.0122. The van der Waals surface area contributed by atoms with Gasteiger partial charge in [-0.15, -0.1) is 0 Å². The smallest absolute Gasteiger partial charge is 0.104 e. The number of aromatic carboxylic acids is 1. The molecule has 0 fully saturated rings. The van der Waals surface area contributed by atoms with Gasteiger partial charge in [-0.1, -0.05) is 0 Å². The maximum atomic E-state index is 10.1. The van der Waals surface area contributed by atoms with Crippen molar-refractivity contribution in [2.24, 2.45) is 0 Å². The first kappa shape index (κ1) is 6.80. The highest BCUT2D eigenvalue weighted by Gasteiger charge is 1.95. The Balaban J connectivity index is 2.88. The van der Waals surface area contributed by atoms with E-state index in [1.807, 2.05) is 6.92 Å². The molecule has 1 heterocycles. The molecule has 0 aliphatic heterocycles. The van der Waals surface area contributed by atoms with Gasteiger partial charge in [-0.05, 0) is 6.92 Å². The third-order valence-electron chi connectivity index (χ3n) is 1.21. The molecule has 0 aromatic carbocycles. The van der Waals surface area contributed by atoms with Gasteiger partial charge in [0.15, 0.2) is 0 Å². The van der Waals surface area contributed by atoms with Crippen LogP contribution in [0.1, 0.15) is 17.4 Å². The Bertz CT molecular complexity index is 242. The third-order valence-corrected chi connectivity index (χ3v) is 1.21. The zero-order valence-electron chi connectivity index (χ0n) is 5.57. The quantitative estimate of drug-likeness (QED) is 0.542. The van der Waals surface area contributed by atoms with Crippen LogP contribution >= 0.6 is 0 Å². The summed E-state index contributed by atoms with van der Waals surface area (Å²) in [5.74, 6) is -1.23. The predicted octanol–water partition coefficient (Wildman–Crippen LogP) is -0.734. The SMILES string of the molecule is CCn1cnc(C(=O)[O-])c1. The van der Waals surface area contributed by atoms with Crippen LogP contribution in [0.3, 0.4) is 0 Å². The van der Waals surface area contributed by atoms with Gasteiger partial charge in [0.05, 0.1) is 12.3 Å². The molecule has 1 aromatic heterocycles. The van der Waals surface area contributed by atoms with Crippen LogP contribution in [-0.2, 0) is 6.54 Å². The fourth-order valence-electron chi connectivity index (χ4n) is 0.638. The van der Waals surface area contributed by atoms with Gasteiger partial charge >= 0.3 is 0 Å². The van der Waals surface area contributed by atoms with Crippen LogP contribution < -0.4 is 5.11 Å². The molecule has 0 saturated carbocycles. The number of hydrogen-bond acceptors (Lipinski definition) is 3. The third kappa shape index (κ3) is 1.15. The lowest BCUT2D eigenvalue weighted by Crippen LogP contribution is -2.22. The van der Waals surface area contributed by atoms with Crippen molar-refractivity contribution in [2.45, 2.75) is 13.5 Å². The lowest BCUT2D eigenvalue weighted by Gasteiger charge is -1.93. The van der Waals surface area contributed by atoms with Crippen LogP contribution in [-0.4, -0.2) is 15.5 Å². The molecule has 0 radical (unpaired) electrons. The fraction of sp³-hybridized carbons (Fsp3) is 0.333. The summed E-state index contributed by atoms with van der Waals surface area (Å²) < 4.78 is 1.67. The lowest BCUT2D eigenvalue weighted by molar-refractivity contribution is -0.255. The van der Waals surface area contributed by atoms with Crippen LogP contribution in [0.5, 0.6) is 0 Å². The summed E-state index contributed by atoms with van der Waals surface area (Å²) >= 11 is 0. The molecule has 4 nitrogen and oxygen atoms in total. The van der Waals surface area contributed by atoms with E-state index in [0.29, 0.717) is 0 Å². The van der Waals surface area contributed by atoms with E-state index in [0.717, 1.165) is 6.54 Å². The zero-order valence-corrected chi connectivity index (χ0v) is 5.57. The van der Waals surface area contributed by atoms with Gasteiger partial charge in [-0.2, -0.15) is 0 Å². The van der Waals surface area contributed by atoms with Crippen molar-refractivity contribution in [3.63, 3.8) is 0 Å². The molecule has 1 aromatic rings. The van der Waals surface area contributed by atoms with Crippen LogP contribution in [0.4, 0.5) is 0 Å². The number of hydrogen-bond donors (Lipinski definition) is 0. The Kier molecular flexibility index (Phi) is 1.71. The normalized spacial score (nSPS) is 9.70. The van der Waals surface area contributed by atoms with Crippen LogP contribution in [0, 0.1) is 0 Å². The fourth-order valence-corrected chi connectivity index (χ4v) is 0.638. The van der Waals surface area contributed by atoms with Crippen molar-refractivity contribution in [1.29, 1.82) is 0 Å². The zero-order chi connectivity index (χ0) is 7.56. The van der Waals surface area contributed by atoms with E-state index in [1.165, 1.54) is 12.5 Å². The van der Waals surface area contributed by atoms with Crippen molar-refractivity contribution >= 4 is 5.97 Å². The molecule has 0 atom stereocenters. The summed E-state index contributed by atoms with van der Waals surface area (Å²) in [6, 6.07) is 0. The Morgan fingerprint density at radius 3 is 2.90 bits per heavy atom. The van der Waals surface area contributed by atoms with Gasteiger partial charge in [0, 0.05) is 12.7 Å². The van der Waals surface area contributed by atoms with E-state index < -0.39 is 5.97 Å². The highest BCUT2D eigenvalue weighted by Crippen LogP contribution is 1.92. The number of imidazole rings is 1. The topological polar surface area (TPSA) is 58.0 Å². The molecular weight excluding hydrogens is 132 g/mol. The molecule has 0 amide bonds. The maximum absolute atomic E-state index is 10.1. The number of carbonyl (C=O) groups excluding carboxylic acids is 1. The Morgan fingerprint density at radius 2 is 2.60 bits per heavy atom. The van der Waals surface area contributed by atoms with E-state index in [9.17, 15) is 9.90 Å². The highest BCUT2D eigenvalue weighted by atomic mass is 16.4. The first-order valence-corrected chi connectivity index (χ1v) is 2.97. The number of aromatic nitrogens is 2. The molecule has 0 N–H and O–H groups in total. The van der Waals surface area contributed by atoms with E-state index in [-0.39, 0.29) is 5.69 Å². The second-order valence-electron chi connectivity index (χ2n) is 1.88. The molecule has 0 bridgehead atoms. The van der Waals surface area contributed by atoms with Gasteiger partial charge < -0.3 is 14.5 Å². The average molecular weight is 139 g/mol. The van der Waals surface area contributed by atoms with Crippen molar-refractivity contribution in [2.75, 3.05) is 0 Å². The average Bonchev–Trinajstić information content (AvgIpc) is 2.34. The number of carboxylic acids is 1. The van der Waals surface area contributed by atoms with Gasteiger partial charge in [0.2, 0.25) is 0 Å². The first-order valence-electron chi connectivity index (χ1n) is 2.97. The summed E-state index contributed by atoms with van der Waals surface area (Å²) in [4.78, 5) is 13.7. The van der Waals surface area contributed by atoms with Gasteiger partial charge in [-0.3, -0.25) is 0 Å². The van der Waals surface area contributed by atoms with Crippen molar-refractivity contribution < 1.29 is 9.90 Å². The largest absolute Gasteiger partial charge is 0.543 e. The molecule has 0 spiro atoms. The lowest BCUT2D eigenvalue weighted by atomic mass is 10.5. The minimum atomic E-state index is -1.23. The van der Waals surface area contributed by atoms with Gasteiger partial charge in [0.1, 0.15) is 5.69 Å². The van der Waals surface area contributed by atoms with Crippen LogP contribution in [0.25, 0.3) is 0 Å². The van der Waals surface area contributed by atoms with E-state index in [1.54, 1.807) is 4.57 Å². The first-order chi connectivity index (χ1) is 4.74. The number of carboxylic acid groups (broad SMARTS) is 1. The van der Waals surface area contributed by atoms with Crippen molar-refractivity contribution in [1.82, 2.24) is 9.55 Å². The summed E-state index contributed by atoms with van der Waals surface area (Å²) in [5.41, 5.74) is -0.0122. The van der Waals surface area contributed by atoms with Crippen LogP contribution in [0.2, 0.25) is 0 Å². The summed E-state index contributed by atoms with van der Waals surface area (Å²) in [5, 5.41) is 10.1. The highest BCUT2D eigenvalue weighted by molar-refractivity contribution is 5.82. The second-order valence-corrected chi connectivity index (χ2v) is 1.88. The second kappa shape index (κ2) is 2.51. The Hall–Kier alpha value is -1.32. The van der Waals surface area contributed by atoms with E-state index >= 15 is 0 Å². The molecule has 54 valence electrons. The van der Waals surface area contributed by atoms with E-state index in [4.69, 9.17) is 0 Å². The van der Waals surface area contributed by atoms with Crippen molar-refractivity contribution in [3.05, 3.63) is 18.2 Å². The van der Waals surface area contributed by atoms with Gasteiger partial charge in [-0.25, -0.2) is 4.98 Å². The number of rotatable bonds is 2. The molecule has 4 heteroatoms. The van der Waals surface area contributed by atoms with E-state index in [2.05, 4.69) is 4.98 Å². The molecule has 10 heavy (non-hydrogen) atoms. The molecule has 0 aliphatic carbocycles. The molecule has 0 saturated heterocycles. The summed E-state index contributed by atoms with van der Waals surface area (Å²) in [7, 11) is 0. The number of nitrogens with zero attached hydrogens (tertiary/aromatic N) is 2.